The van der Waals surface area contributed by atoms with Gasteiger partial charge in [0, 0.05) is 54.9 Å². The Morgan fingerprint density at radius 2 is 1.77 bits per heavy atom. The Bertz CT molecular complexity index is 2110. The molecule has 3 heterocycles. The molecule has 6 rings (SSSR count). The van der Waals surface area contributed by atoms with Gasteiger partial charge in [-0.2, -0.15) is 0 Å². The van der Waals surface area contributed by atoms with Crippen LogP contribution in [0.15, 0.2) is 67.3 Å². The van der Waals surface area contributed by atoms with Crippen molar-refractivity contribution in [1.82, 2.24) is 24.8 Å². The molecule has 3 aliphatic rings. The van der Waals surface area contributed by atoms with E-state index in [0.717, 1.165) is 24.8 Å². The number of hydrogen-bond donors (Lipinski definition) is 2. The van der Waals surface area contributed by atoms with Gasteiger partial charge in [0.2, 0.25) is 27.7 Å². The van der Waals surface area contributed by atoms with Crippen LogP contribution >= 0.6 is 0 Å². The fraction of sp³-hybridized carbons (Fsp3) is 0.512. The summed E-state index contributed by atoms with van der Waals surface area (Å²) in [5.41, 5.74) is -0.0426. The number of methoxy groups -OCH3 is 1. The van der Waals surface area contributed by atoms with E-state index in [-0.39, 0.29) is 43.4 Å². The quantitative estimate of drug-likeness (QED) is 0.208. The lowest BCUT2D eigenvalue weighted by atomic mass is 9.77. The van der Waals surface area contributed by atoms with E-state index in [9.17, 15) is 27.6 Å². The molecule has 2 saturated heterocycles. The van der Waals surface area contributed by atoms with Crippen LogP contribution in [0.25, 0.3) is 22.2 Å². The largest absolute Gasteiger partial charge is 0.497 e. The molecule has 0 unspecified atom stereocenters. The first kappa shape index (κ1) is 41.6. The third kappa shape index (κ3) is 9.27. The number of carbonyl (C=O) groups excluding carboxylic acids is 4. The highest BCUT2D eigenvalue weighted by Crippen LogP contribution is 2.45. The maximum atomic E-state index is 14.9. The van der Waals surface area contributed by atoms with Gasteiger partial charge in [0.1, 0.15) is 29.2 Å². The number of ether oxygens (including phenoxy) is 2. The number of piperidine rings is 1. The van der Waals surface area contributed by atoms with Crippen molar-refractivity contribution >= 4 is 44.6 Å². The number of nitrogens with zero attached hydrogens (tertiary/aromatic N) is 3. The summed E-state index contributed by atoms with van der Waals surface area (Å²) in [6.07, 6.45) is 4.23. The van der Waals surface area contributed by atoms with E-state index in [4.69, 9.17) is 14.5 Å². The minimum Gasteiger partial charge on any atom is -0.497 e. The highest BCUT2D eigenvalue weighted by Gasteiger charge is 2.61. The molecule has 57 heavy (non-hydrogen) atoms. The van der Waals surface area contributed by atoms with Gasteiger partial charge in [0.15, 0.2) is 0 Å². The smallest absolute Gasteiger partial charge is 0.259 e. The number of nitrogens with one attached hydrogen (secondary N) is 2. The van der Waals surface area contributed by atoms with Gasteiger partial charge in [-0.25, -0.2) is 13.4 Å². The monoisotopic (exact) mass is 801 g/mol. The van der Waals surface area contributed by atoms with E-state index in [2.05, 4.69) is 16.6 Å². The molecule has 4 amide bonds. The fourth-order valence-corrected chi connectivity index (χ4v) is 9.12. The van der Waals surface area contributed by atoms with Crippen molar-refractivity contribution in [2.45, 2.75) is 90.3 Å². The Hall–Kier alpha value is -4.98. The third-order valence-corrected chi connectivity index (χ3v) is 12.8. The van der Waals surface area contributed by atoms with Gasteiger partial charge in [-0.1, -0.05) is 64.1 Å². The van der Waals surface area contributed by atoms with Crippen LogP contribution in [0.2, 0.25) is 0 Å². The maximum Gasteiger partial charge on any atom is 0.259 e. The lowest BCUT2D eigenvalue weighted by Crippen LogP contribution is -2.57. The molecule has 13 nitrogen and oxygen atoms in total. The molecule has 2 aromatic carbocycles. The Morgan fingerprint density at radius 1 is 1.05 bits per heavy atom. The van der Waals surface area contributed by atoms with Crippen LogP contribution in [0, 0.1) is 17.3 Å². The van der Waals surface area contributed by atoms with Gasteiger partial charge >= 0.3 is 0 Å². The zero-order valence-corrected chi connectivity index (χ0v) is 34.4. The highest BCUT2D eigenvalue weighted by atomic mass is 32.2. The molecule has 1 aromatic heterocycles. The molecule has 0 radical (unpaired) electrons. The van der Waals surface area contributed by atoms with Crippen molar-refractivity contribution in [3.05, 3.63) is 67.3 Å². The molecule has 1 aliphatic carbocycles. The first-order valence-electron chi connectivity index (χ1n) is 19.9. The number of aromatic nitrogens is 1. The van der Waals surface area contributed by atoms with Crippen molar-refractivity contribution in [3.63, 3.8) is 0 Å². The van der Waals surface area contributed by atoms with Crippen LogP contribution < -0.4 is 19.5 Å². The Morgan fingerprint density at radius 3 is 2.40 bits per heavy atom. The van der Waals surface area contributed by atoms with E-state index < -0.39 is 56.8 Å². The minimum absolute atomic E-state index is 0.0177. The predicted octanol–water partition coefficient (Wildman–Crippen LogP) is 5.24. The first-order valence-corrected chi connectivity index (χ1v) is 21.5. The number of likely N-dealkylation sites (tertiary alicyclic amines) is 2. The summed E-state index contributed by atoms with van der Waals surface area (Å²) in [5.74, 6) is -2.35. The Balaban J connectivity index is 1.34. The van der Waals surface area contributed by atoms with Crippen LogP contribution in [0.4, 0.5) is 0 Å². The summed E-state index contributed by atoms with van der Waals surface area (Å²) < 4.78 is 39.7. The molecular weight excluding hydrogens is 747 g/mol. The molecule has 3 aromatic rings. The molecule has 0 spiro atoms. The standard InChI is InChI=1S/C43H55N5O8S/c1-7-21-57(53,54)46-41(52)43(26-29(43)8-2)45-39(50)36-23-31(27-48(36)40(51)33(42(3,4)5)24-38(49)47-19-13-10-14-20-47)56-37-25-34(28-15-11-9-12-16-28)44-35-22-30(55-6)17-18-32(35)37/h8-9,11-12,15-18,22,25,29,31,33,36H,2,7,10,13-14,19-21,23-24,26-27H2,1,3-6H3,(H,45,50)(H,46,52)/t29-,31-,33-,36+,43-/m1/s1. The molecule has 306 valence electrons. The second kappa shape index (κ2) is 16.9. The Kier molecular flexibility index (Phi) is 12.3. The van der Waals surface area contributed by atoms with Crippen molar-refractivity contribution in [3.8, 4) is 22.8 Å². The van der Waals surface area contributed by atoms with E-state index in [1.807, 2.05) is 80.3 Å². The molecule has 3 fully saturated rings. The molecule has 1 saturated carbocycles. The average molecular weight is 802 g/mol. The summed E-state index contributed by atoms with van der Waals surface area (Å²) in [5, 5.41) is 3.56. The second-order valence-corrected chi connectivity index (χ2v) is 18.4. The van der Waals surface area contributed by atoms with Crippen LogP contribution in [-0.4, -0.2) is 97.0 Å². The van der Waals surface area contributed by atoms with Gasteiger partial charge < -0.3 is 24.6 Å². The van der Waals surface area contributed by atoms with Crippen LogP contribution in [0.5, 0.6) is 11.5 Å². The molecular formula is C43H55N5O8S. The number of pyridine rings is 1. The van der Waals surface area contributed by atoms with E-state index in [0.29, 0.717) is 47.6 Å². The van der Waals surface area contributed by atoms with Crippen molar-refractivity contribution in [2.75, 3.05) is 32.5 Å². The number of sulfonamides is 1. The van der Waals surface area contributed by atoms with Crippen LogP contribution in [-0.2, 0) is 29.2 Å². The second-order valence-electron chi connectivity index (χ2n) is 16.6. The van der Waals surface area contributed by atoms with Crippen LogP contribution in [0.3, 0.4) is 0 Å². The van der Waals surface area contributed by atoms with Gasteiger partial charge in [0.25, 0.3) is 5.91 Å². The van der Waals surface area contributed by atoms with Crippen molar-refractivity contribution < 1.29 is 37.1 Å². The summed E-state index contributed by atoms with van der Waals surface area (Å²) in [6, 6.07) is 15.9. The topological polar surface area (TPSA) is 164 Å². The summed E-state index contributed by atoms with van der Waals surface area (Å²) in [7, 11) is -2.36. The maximum absolute atomic E-state index is 14.9. The third-order valence-electron chi connectivity index (χ3n) is 11.4. The molecule has 14 heteroatoms. The number of carbonyl (C=O) groups is 4. The molecule has 2 aliphatic heterocycles. The SMILES string of the molecule is C=C[C@@H]1C[C@]1(NC(=O)[C@@H]1C[C@@H](Oc2cc(-c3ccccc3)nc3cc(OC)ccc23)CN1C(=O)[C@@H](CC(=O)N1CCCCC1)C(C)(C)C)C(=O)NS(=O)(=O)CCC. The molecule has 5 atom stereocenters. The van der Waals surface area contributed by atoms with Crippen molar-refractivity contribution in [2.24, 2.45) is 17.3 Å². The van der Waals surface area contributed by atoms with Gasteiger partial charge in [-0.05, 0) is 49.7 Å². The highest BCUT2D eigenvalue weighted by molar-refractivity contribution is 7.90. The number of fused-ring (bicyclic) bond motifs is 1. The normalized spacial score (nSPS) is 22.7. The number of hydrogen-bond acceptors (Lipinski definition) is 9. The summed E-state index contributed by atoms with van der Waals surface area (Å²) in [4.78, 5) is 64.8. The Labute approximate surface area is 335 Å². The molecule has 2 N–H and O–H groups in total. The van der Waals surface area contributed by atoms with Gasteiger partial charge in [0.05, 0.1) is 36.5 Å². The zero-order chi connectivity index (χ0) is 41.1. The predicted molar refractivity (Wildman–Crippen MR) is 218 cm³/mol. The molecule has 0 bridgehead atoms. The van der Waals surface area contributed by atoms with Crippen LogP contribution in [0.1, 0.15) is 72.6 Å². The fourth-order valence-electron chi connectivity index (χ4n) is 8.01. The summed E-state index contributed by atoms with van der Waals surface area (Å²) >= 11 is 0. The van der Waals surface area contributed by atoms with Gasteiger partial charge in [-0.15, -0.1) is 6.58 Å². The zero-order valence-electron chi connectivity index (χ0n) is 33.6. The number of amides is 4. The number of benzene rings is 2. The minimum atomic E-state index is -3.94. The van der Waals surface area contributed by atoms with E-state index in [1.54, 1.807) is 14.0 Å². The van der Waals surface area contributed by atoms with Gasteiger partial charge in [-0.3, -0.25) is 23.9 Å². The lowest BCUT2D eigenvalue weighted by Gasteiger charge is -2.36. The number of rotatable bonds is 14. The summed E-state index contributed by atoms with van der Waals surface area (Å²) in [6.45, 7) is 12.6. The lowest BCUT2D eigenvalue weighted by molar-refractivity contribution is -0.148. The first-order chi connectivity index (χ1) is 27.1. The van der Waals surface area contributed by atoms with E-state index in [1.165, 1.54) is 11.0 Å². The van der Waals surface area contributed by atoms with Crippen molar-refractivity contribution in [1.29, 1.82) is 0 Å². The average Bonchev–Trinajstić information content (AvgIpc) is 3.75. The van der Waals surface area contributed by atoms with E-state index >= 15 is 0 Å².